The zero-order valence-electron chi connectivity index (χ0n) is 20.4. The first-order valence-electron chi connectivity index (χ1n) is 12.1. The quantitative estimate of drug-likeness (QED) is 0.193. The van der Waals surface area contributed by atoms with Crippen LogP contribution in [-0.4, -0.2) is 17.4 Å². The molecule has 174 valence electrons. The molecule has 1 atom stereocenters. The lowest BCUT2D eigenvalue weighted by atomic mass is 9.88. The molecule has 0 aliphatic heterocycles. The number of imidazole rings is 1. The van der Waals surface area contributed by atoms with Crippen molar-refractivity contribution in [3.05, 3.63) is 127 Å². The highest BCUT2D eigenvalue weighted by Gasteiger charge is 2.11. The Bertz CT molecular complexity index is 1140. The Balaban J connectivity index is 0.000000198. The third kappa shape index (κ3) is 8.16. The Labute approximate surface area is 211 Å². The summed E-state index contributed by atoms with van der Waals surface area (Å²) in [5.41, 5.74) is 3.81. The van der Waals surface area contributed by atoms with Gasteiger partial charge in [-0.25, -0.2) is 4.98 Å². The third-order valence-electron chi connectivity index (χ3n) is 5.71. The van der Waals surface area contributed by atoms with Crippen molar-refractivity contribution in [1.29, 1.82) is 5.26 Å². The zero-order chi connectivity index (χ0) is 24.7. The van der Waals surface area contributed by atoms with Crippen LogP contribution in [0.2, 0.25) is 6.32 Å². The van der Waals surface area contributed by atoms with E-state index in [2.05, 4.69) is 83.9 Å². The number of hydrogen-bond donors (Lipinski definition) is 0. The first-order valence-corrected chi connectivity index (χ1v) is 12.1. The molecule has 0 fully saturated rings. The summed E-state index contributed by atoms with van der Waals surface area (Å²) in [5.74, 6) is 1.34. The van der Waals surface area contributed by atoms with Crippen LogP contribution in [0, 0.1) is 17.2 Å². The number of nitriles is 1. The molecule has 1 heterocycles. The van der Waals surface area contributed by atoms with Crippen LogP contribution in [0.4, 0.5) is 0 Å². The summed E-state index contributed by atoms with van der Waals surface area (Å²) in [4.78, 5) is 4.33. The summed E-state index contributed by atoms with van der Waals surface area (Å²) in [6.45, 7) is 2.59. The Hall–Kier alpha value is -3.84. The summed E-state index contributed by atoms with van der Waals surface area (Å²) in [6.07, 6.45) is 10.8. The monoisotopic (exact) mass is 457 g/mol. The van der Waals surface area contributed by atoms with Crippen molar-refractivity contribution in [3.8, 4) is 17.5 Å². The van der Waals surface area contributed by atoms with E-state index in [0.29, 0.717) is 12.5 Å². The second-order valence-electron chi connectivity index (χ2n) is 8.46. The molecule has 0 aliphatic rings. The number of aromatic nitrogens is 2. The minimum atomic E-state index is -0.00309. The van der Waals surface area contributed by atoms with E-state index >= 15 is 0 Å². The third-order valence-corrected chi connectivity index (χ3v) is 5.71. The van der Waals surface area contributed by atoms with E-state index in [9.17, 15) is 0 Å². The molecule has 3 aromatic carbocycles. The van der Waals surface area contributed by atoms with Gasteiger partial charge in [-0.1, -0.05) is 109 Å². The van der Waals surface area contributed by atoms with E-state index in [4.69, 9.17) is 13.1 Å². The molecule has 0 N–H and O–H groups in total. The van der Waals surface area contributed by atoms with Crippen molar-refractivity contribution in [2.75, 3.05) is 0 Å². The largest absolute Gasteiger partial charge is 0.330 e. The van der Waals surface area contributed by atoms with Gasteiger partial charge in [0.05, 0.1) is 19.8 Å². The standard InChI is InChI=1S/C18H19B.C13H13N3/c19-15-9-3-8-14-18(16-10-4-1-5-11-16)17-12-6-2-7-13-17;1-11(9-14)10-16-8-7-15-13(16)12-5-3-2-4-6-12/h1-8,10-13,18H,9,14-15H2;2-8,11H,10H2,1H3. The van der Waals surface area contributed by atoms with Crippen molar-refractivity contribution in [2.24, 2.45) is 5.92 Å². The van der Waals surface area contributed by atoms with Crippen molar-refractivity contribution in [3.63, 3.8) is 0 Å². The number of benzene rings is 3. The minimum Gasteiger partial charge on any atom is -0.330 e. The SMILES string of the molecule is CC(C#N)Cn1ccnc1-c1ccccc1.[B]CCC=CCC(c1ccccc1)c1ccccc1. The van der Waals surface area contributed by atoms with Gasteiger partial charge in [-0.05, 0) is 30.9 Å². The van der Waals surface area contributed by atoms with E-state index in [1.807, 2.05) is 48.0 Å². The van der Waals surface area contributed by atoms with Crippen LogP contribution in [-0.2, 0) is 6.54 Å². The lowest BCUT2D eigenvalue weighted by Gasteiger charge is -2.16. The molecule has 0 saturated carbocycles. The van der Waals surface area contributed by atoms with Crippen LogP contribution >= 0.6 is 0 Å². The van der Waals surface area contributed by atoms with E-state index < -0.39 is 0 Å². The first kappa shape index (κ1) is 25.8. The fourth-order valence-corrected chi connectivity index (χ4v) is 3.92. The molecule has 4 rings (SSSR count). The predicted molar refractivity (Wildman–Crippen MR) is 146 cm³/mol. The molecular weight excluding hydrogens is 425 g/mol. The van der Waals surface area contributed by atoms with Crippen molar-refractivity contribution in [2.45, 2.75) is 38.5 Å². The fourth-order valence-electron chi connectivity index (χ4n) is 3.92. The molecule has 0 saturated heterocycles. The number of hydrogen-bond acceptors (Lipinski definition) is 2. The molecule has 1 unspecified atom stereocenters. The molecule has 1 aromatic heterocycles. The Morgan fingerprint density at radius 3 is 2.00 bits per heavy atom. The highest BCUT2D eigenvalue weighted by molar-refractivity contribution is 6.08. The number of rotatable bonds is 9. The van der Waals surface area contributed by atoms with Crippen LogP contribution in [0.5, 0.6) is 0 Å². The lowest BCUT2D eigenvalue weighted by molar-refractivity contribution is 0.585. The highest BCUT2D eigenvalue weighted by Crippen LogP contribution is 2.28. The van der Waals surface area contributed by atoms with Gasteiger partial charge in [0, 0.05) is 30.4 Å². The molecule has 0 bridgehead atoms. The minimum absolute atomic E-state index is 0.00309. The van der Waals surface area contributed by atoms with Crippen LogP contribution in [0.1, 0.15) is 36.8 Å². The van der Waals surface area contributed by atoms with Crippen LogP contribution in [0.25, 0.3) is 11.4 Å². The van der Waals surface area contributed by atoms with E-state index in [1.54, 1.807) is 6.20 Å². The first-order chi connectivity index (χ1) is 17.2. The van der Waals surface area contributed by atoms with Gasteiger partial charge in [0.2, 0.25) is 0 Å². The van der Waals surface area contributed by atoms with Gasteiger partial charge in [-0.15, -0.1) is 0 Å². The number of allylic oxidation sites excluding steroid dienone is 2. The second-order valence-corrected chi connectivity index (χ2v) is 8.46. The summed E-state index contributed by atoms with van der Waals surface area (Å²) in [6, 6.07) is 33.6. The average Bonchev–Trinajstić information content (AvgIpc) is 3.38. The maximum Gasteiger partial charge on any atom is 0.139 e. The van der Waals surface area contributed by atoms with Crippen LogP contribution < -0.4 is 0 Å². The lowest BCUT2D eigenvalue weighted by Crippen LogP contribution is -2.06. The van der Waals surface area contributed by atoms with Gasteiger partial charge in [-0.3, -0.25) is 0 Å². The number of nitrogens with zero attached hydrogens (tertiary/aromatic N) is 3. The smallest absolute Gasteiger partial charge is 0.139 e. The van der Waals surface area contributed by atoms with Gasteiger partial charge in [-0.2, -0.15) is 5.26 Å². The van der Waals surface area contributed by atoms with Gasteiger partial charge in [0.25, 0.3) is 0 Å². The van der Waals surface area contributed by atoms with Crippen LogP contribution in [0.3, 0.4) is 0 Å². The van der Waals surface area contributed by atoms with Crippen LogP contribution in [0.15, 0.2) is 116 Å². The van der Waals surface area contributed by atoms with Gasteiger partial charge >= 0.3 is 0 Å². The van der Waals surface area contributed by atoms with Crippen molar-refractivity contribution < 1.29 is 0 Å². The fraction of sp³-hybridized carbons (Fsp3) is 0.226. The topological polar surface area (TPSA) is 41.6 Å². The van der Waals surface area contributed by atoms with Gasteiger partial charge in [0.1, 0.15) is 5.82 Å². The Morgan fingerprint density at radius 1 is 0.886 bits per heavy atom. The van der Waals surface area contributed by atoms with Gasteiger partial charge < -0.3 is 4.57 Å². The second kappa shape index (κ2) is 14.4. The molecule has 35 heavy (non-hydrogen) atoms. The summed E-state index contributed by atoms with van der Waals surface area (Å²) in [5, 5.41) is 8.81. The molecule has 0 amide bonds. The predicted octanol–water partition coefficient (Wildman–Crippen LogP) is 7.45. The Morgan fingerprint density at radius 2 is 1.46 bits per heavy atom. The molecule has 4 aromatic rings. The summed E-state index contributed by atoms with van der Waals surface area (Å²) in [7, 11) is 5.52. The molecule has 2 radical (unpaired) electrons. The maximum absolute atomic E-state index is 8.81. The van der Waals surface area contributed by atoms with Crippen molar-refractivity contribution in [1.82, 2.24) is 9.55 Å². The molecular formula is C31H32BN3. The molecule has 3 nitrogen and oxygen atoms in total. The summed E-state index contributed by atoms with van der Waals surface area (Å²) < 4.78 is 2.02. The zero-order valence-corrected chi connectivity index (χ0v) is 20.4. The van der Waals surface area contributed by atoms with E-state index in [1.165, 1.54) is 11.1 Å². The molecule has 0 aliphatic carbocycles. The maximum atomic E-state index is 8.81. The van der Waals surface area contributed by atoms with Gasteiger partial charge in [0.15, 0.2) is 0 Å². The highest BCUT2D eigenvalue weighted by atomic mass is 15.1. The van der Waals surface area contributed by atoms with E-state index in [0.717, 1.165) is 30.5 Å². The average molecular weight is 457 g/mol. The van der Waals surface area contributed by atoms with Crippen molar-refractivity contribution >= 4 is 7.85 Å². The summed E-state index contributed by atoms with van der Waals surface area (Å²) >= 11 is 0. The molecule has 4 heteroatoms. The van der Waals surface area contributed by atoms with E-state index in [-0.39, 0.29) is 5.92 Å². The Kier molecular flexibility index (Phi) is 10.6. The molecule has 0 spiro atoms. The normalized spacial score (nSPS) is 11.6.